The van der Waals surface area contributed by atoms with Crippen LogP contribution in [0.4, 0.5) is 0 Å². The van der Waals surface area contributed by atoms with Gasteiger partial charge in [0.2, 0.25) is 0 Å². The first-order valence-electron chi connectivity index (χ1n) is 11.3. The van der Waals surface area contributed by atoms with Gasteiger partial charge >= 0.3 is 71.1 Å². The molecule has 0 unspecified atom stereocenters. The Balaban J connectivity index is -0.0000000876. The number of hydrogen-bond acceptors (Lipinski definition) is 9. The Kier molecular flexibility index (Phi) is 35.0. The Labute approximate surface area is 284 Å². The van der Waals surface area contributed by atoms with E-state index in [2.05, 4.69) is 64.7 Å². The van der Waals surface area contributed by atoms with Crippen molar-refractivity contribution in [1.82, 2.24) is 6.15 Å². The number of hydrogen-bond donors (Lipinski definition) is 1. The second-order valence-electron chi connectivity index (χ2n) is 7.18. The van der Waals surface area contributed by atoms with E-state index < -0.39 is 39.1 Å². The van der Waals surface area contributed by atoms with Gasteiger partial charge in [-0.25, -0.2) is 4.79 Å². The number of carbonyl (C=O) groups is 2. The Morgan fingerprint density at radius 2 is 1.34 bits per heavy atom. The first-order chi connectivity index (χ1) is 16.8. The summed E-state index contributed by atoms with van der Waals surface area (Å²) in [4.78, 5) is 45.2. The predicted molar refractivity (Wildman–Crippen MR) is 150 cm³/mol. The summed E-state index contributed by atoms with van der Waals surface area (Å²) < 4.78 is 24.8. The maximum absolute atomic E-state index is 12.0. The number of unbranched alkanes of at least 4 members (excludes halogenated alkanes) is 8. The molecular formula is C26H50NNa2O8P. The van der Waals surface area contributed by atoms with E-state index >= 15 is 0 Å². The third-order valence-corrected chi connectivity index (χ3v) is 4.68. The Morgan fingerprint density at radius 1 is 0.842 bits per heavy atom. The summed E-state index contributed by atoms with van der Waals surface area (Å²) >= 11 is 0. The molecule has 0 saturated carbocycles. The summed E-state index contributed by atoms with van der Waals surface area (Å²) in [5, 5.41) is 0. The normalized spacial score (nSPS) is 9.53. The van der Waals surface area contributed by atoms with Gasteiger partial charge < -0.3 is 34.5 Å². The number of carbonyl (C=O) groups excluding carboxylic acids is 2. The molecule has 0 heterocycles. The van der Waals surface area contributed by atoms with Crippen LogP contribution in [0.2, 0.25) is 0 Å². The number of terminal acetylenes is 1. The van der Waals surface area contributed by atoms with Crippen LogP contribution < -0.4 is 75.1 Å². The molecule has 0 amide bonds. The van der Waals surface area contributed by atoms with Crippen LogP contribution in [0.25, 0.3) is 0 Å². The predicted octanol–water partition coefficient (Wildman–Crippen LogP) is -1.76. The molecule has 12 heteroatoms. The zero-order chi connectivity index (χ0) is 26.2. The van der Waals surface area contributed by atoms with Crippen LogP contribution in [-0.4, -0.2) is 31.3 Å². The summed E-state index contributed by atoms with van der Waals surface area (Å²) in [7, 11) is -5.30. The van der Waals surface area contributed by atoms with Crippen molar-refractivity contribution < 1.29 is 110 Å². The Hall–Kier alpha value is -1.19. The van der Waals surface area contributed by atoms with Crippen molar-refractivity contribution in [2.45, 2.75) is 77.2 Å². The van der Waals surface area contributed by atoms with Gasteiger partial charge in [-0.05, 0) is 53.8 Å². The van der Waals surface area contributed by atoms with Crippen LogP contribution in [0, 0.1) is 59.7 Å². The maximum Gasteiger partial charge on any atom is 1.00 e. The van der Waals surface area contributed by atoms with Gasteiger partial charge in [0.25, 0.3) is 0 Å². The first-order valence-corrected chi connectivity index (χ1v) is 12.7. The van der Waals surface area contributed by atoms with Gasteiger partial charge in [-0.2, -0.15) is 0 Å². The molecule has 0 aliphatic rings. The number of phosphoric acid groups is 1. The van der Waals surface area contributed by atoms with Crippen LogP contribution in [0.5, 0.6) is 0 Å². The van der Waals surface area contributed by atoms with Crippen LogP contribution in [0.15, 0.2) is 0 Å². The molecule has 0 aromatic carbocycles. The quantitative estimate of drug-likeness (QED) is 0.0556. The average Bonchev–Trinajstić information content (AvgIpc) is 2.81. The SMILES string of the molecule is C#CC#CC#CC#CC#CC(=O)OC[C@H](COP(=O)([O-])[O-])OC(=O)CCCCCCCCCCC.N.[HH].[HH].[HH].[HH].[HH].[HH].[HH].[HH].[HH].[Na+].[Na+]. The molecule has 0 aromatic rings. The molecule has 1 atom stereocenters. The van der Waals surface area contributed by atoms with Crippen molar-refractivity contribution in [3.8, 4) is 59.7 Å². The van der Waals surface area contributed by atoms with Crippen molar-refractivity contribution in [3.05, 3.63) is 0 Å². The Bertz CT molecular complexity index is 1040. The maximum atomic E-state index is 12.0. The van der Waals surface area contributed by atoms with Crippen LogP contribution in [-0.2, 0) is 28.2 Å². The fourth-order valence-electron chi connectivity index (χ4n) is 2.59. The molecule has 3 N–H and O–H groups in total. The molecule has 0 fully saturated rings. The van der Waals surface area contributed by atoms with Crippen molar-refractivity contribution in [3.63, 3.8) is 0 Å². The van der Waals surface area contributed by atoms with Crippen LogP contribution in [0.1, 0.15) is 84.0 Å². The van der Waals surface area contributed by atoms with E-state index in [0.29, 0.717) is 6.42 Å². The van der Waals surface area contributed by atoms with Gasteiger partial charge in [-0.15, -0.1) is 6.42 Å². The van der Waals surface area contributed by atoms with E-state index in [1.165, 1.54) is 32.1 Å². The zero-order valence-electron chi connectivity index (χ0n) is 22.6. The standard InChI is InChI=1S/C26H31O8P.H3N.2Na.9H2/c1-3-5-7-9-11-13-15-17-19-21-26(28)34-24(23-33-35(29,30)31)22-32-25(27)20-18-16-14-12-10-8-6-4-2;;;;;;;;;;;;/h2,24H,3,5,7,9,11,13,15,17,19,21-23H2,1H3,(H2,29,30,31);1H3;;;9*1H/q;;2*+1;;;;;;;;;/p-2/t24-;;;;;;;;;;;;/m1............/s1. The van der Waals surface area contributed by atoms with Gasteiger partial charge in [-0.1, -0.05) is 58.3 Å². The van der Waals surface area contributed by atoms with Gasteiger partial charge in [0.1, 0.15) is 6.61 Å². The number of phosphoric ester groups is 1. The average molecular weight is 582 g/mol. The van der Waals surface area contributed by atoms with Crippen LogP contribution in [0.3, 0.4) is 0 Å². The molecule has 0 radical (unpaired) electrons. The van der Waals surface area contributed by atoms with Crippen molar-refractivity contribution in [2.24, 2.45) is 0 Å². The van der Waals surface area contributed by atoms with Gasteiger partial charge in [-0.3, -0.25) is 4.79 Å². The number of rotatable bonds is 16. The molecule has 0 spiro atoms. The van der Waals surface area contributed by atoms with Gasteiger partial charge in [0.05, 0.1) is 14.4 Å². The summed E-state index contributed by atoms with van der Waals surface area (Å²) in [6.45, 7) is 0.845. The molecule has 0 bridgehead atoms. The van der Waals surface area contributed by atoms with E-state index in [1.54, 1.807) is 0 Å². The third kappa shape index (κ3) is 32.8. The number of esters is 2. The minimum absolute atomic E-state index is 0. The van der Waals surface area contributed by atoms with Crippen molar-refractivity contribution in [1.29, 1.82) is 0 Å². The van der Waals surface area contributed by atoms with E-state index in [9.17, 15) is 23.9 Å². The third-order valence-electron chi connectivity index (χ3n) is 4.21. The molecule has 0 aromatic heterocycles. The van der Waals surface area contributed by atoms with E-state index in [1.807, 2.05) is 0 Å². The van der Waals surface area contributed by atoms with E-state index in [-0.39, 0.29) is 84.5 Å². The van der Waals surface area contributed by atoms with Crippen molar-refractivity contribution >= 4 is 19.8 Å². The van der Waals surface area contributed by atoms with Crippen LogP contribution >= 0.6 is 7.82 Å². The minimum atomic E-state index is -5.30. The van der Waals surface area contributed by atoms with E-state index in [4.69, 9.17) is 15.9 Å². The largest absolute Gasteiger partial charge is 1.00 e. The molecule has 214 valence electrons. The topological polar surface area (TPSA) is 160 Å². The summed E-state index contributed by atoms with van der Waals surface area (Å²) in [6.07, 6.45) is 13.4. The van der Waals surface area contributed by atoms with Crippen molar-refractivity contribution in [2.75, 3.05) is 13.2 Å². The number of ether oxygens (including phenoxy) is 2. The molecule has 0 aliphatic carbocycles. The fourth-order valence-corrected chi connectivity index (χ4v) is 2.94. The summed E-state index contributed by atoms with van der Waals surface area (Å²) in [6, 6.07) is 0. The monoisotopic (exact) mass is 581 g/mol. The molecule has 0 aliphatic heterocycles. The molecule has 9 nitrogen and oxygen atoms in total. The Morgan fingerprint density at radius 3 is 1.87 bits per heavy atom. The minimum Gasteiger partial charge on any atom is -0.790 e. The summed E-state index contributed by atoms with van der Waals surface area (Å²) in [5.74, 6) is 18.6. The smallest absolute Gasteiger partial charge is 0.790 e. The molecule has 38 heavy (non-hydrogen) atoms. The second-order valence-corrected chi connectivity index (χ2v) is 8.33. The van der Waals surface area contributed by atoms with E-state index in [0.717, 1.165) is 19.3 Å². The molecule has 0 rings (SSSR count). The van der Waals surface area contributed by atoms with Gasteiger partial charge in [0, 0.05) is 25.2 Å². The van der Waals surface area contributed by atoms with Gasteiger partial charge in [0.15, 0.2) is 6.10 Å². The summed E-state index contributed by atoms with van der Waals surface area (Å²) in [5.41, 5.74) is 0. The first kappa shape index (κ1) is 43.8. The zero-order valence-corrected chi connectivity index (χ0v) is 27.5. The second kappa shape index (κ2) is 30.4. The molecule has 0 saturated heterocycles. The molecular weight excluding hydrogens is 531 g/mol. The fraction of sp³-hybridized carbons (Fsp3) is 0.538.